The summed E-state index contributed by atoms with van der Waals surface area (Å²) in [6.07, 6.45) is 4.19. The van der Waals surface area contributed by atoms with Crippen LogP contribution in [0.2, 0.25) is 0 Å². The molecule has 2 aliphatic heterocycles. The quantitative estimate of drug-likeness (QED) is 0.686. The number of hydrogen-bond donors (Lipinski definition) is 0. The number of halogens is 1. The van der Waals surface area contributed by atoms with Crippen molar-refractivity contribution >= 4 is 17.4 Å². The Morgan fingerprint density at radius 1 is 1.19 bits per heavy atom. The molecule has 2 atom stereocenters. The molecule has 1 amide bonds. The van der Waals surface area contributed by atoms with Gasteiger partial charge in [0.05, 0.1) is 19.4 Å². The van der Waals surface area contributed by atoms with Crippen LogP contribution in [-0.4, -0.2) is 49.1 Å². The molecule has 32 heavy (non-hydrogen) atoms. The minimum absolute atomic E-state index is 0.0791. The maximum atomic E-state index is 14.4. The van der Waals surface area contributed by atoms with E-state index in [0.717, 1.165) is 19.4 Å². The van der Waals surface area contributed by atoms with Crippen molar-refractivity contribution in [2.24, 2.45) is 5.92 Å². The Kier molecular flexibility index (Phi) is 5.78. The van der Waals surface area contributed by atoms with Crippen LogP contribution < -0.4 is 14.4 Å². The highest BCUT2D eigenvalue weighted by atomic mass is 19.1. The standard InChI is InChI=1S/C24H25FN2O5/c25-20-11-16(10-19-18(20)4-5-21(19)28)27-8-7-22(24(27)29)32-17-3-6-23(26-12-17)31-14-15-2-1-9-30-13-15/h3,6,10-12,15,22H,1-2,4-5,7-9,13-14H2. The number of fused-ring (bicyclic) bond motifs is 1. The third-order valence-electron chi connectivity index (χ3n) is 6.26. The molecule has 0 bridgehead atoms. The van der Waals surface area contributed by atoms with Crippen LogP contribution in [0.4, 0.5) is 10.1 Å². The van der Waals surface area contributed by atoms with E-state index in [-0.39, 0.29) is 11.7 Å². The molecular weight excluding hydrogens is 415 g/mol. The molecule has 5 rings (SSSR count). The molecule has 2 fully saturated rings. The van der Waals surface area contributed by atoms with Crippen molar-refractivity contribution in [2.45, 2.75) is 38.2 Å². The van der Waals surface area contributed by atoms with Gasteiger partial charge in [-0.1, -0.05) is 0 Å². The lowest BCUT2D eigenvalue weighted by molar-refractivity contribution is -0.122. The molecule has 0 N–H and O–H groups in total. The summed E-state index contributed by atoms with van der Waals surface area (Å²) >= 11 is 0. The zero-order valence-electron chi connectivity index (χ0n) is 17.7. The van der Waals surface area contributed by atoms with Crippen LogP contribution in [0.5, 0.6) is 11.6 Å². The lowest BCUT2D eigenvalue weighted by Crippen LogP contribution is -2.32. The van der Waals surface area contributed by atoms with E-state index in [1.54, 1.807) is 18.2 Å². The van der Waals surface area contributed by atoms with E-state index in [1.165, 1.54) is 17.2 Å². The van der Waals surface area contributed by atoms with E-state index in [0.29, 0.717) is 73.4 Å². The first-order valence-corrected chi connectivity index (χ1v) is 11.1. The number of rotatable bonds is 6. The Hall–Kier alpha value is -3.00. The minimum atomic E-state index is -0.685. The van der Waals surface area contributed by atoms with Crippen molar-refractivity contribution in [1.82, 2.24) is 4.98 Å². The fraction of sp³-hybridized carbons (Fsp3) is 0.458. The van der Waals surface area contributed by atoms with Crippen LogP contribution in [0.15, 0.2) is 30.5 Å². The van der Waals surface area contributed by atoms with Gasteiger partial charge in [0.15, 0.2) is 11.9 Å². The summed E-state index contributed by atoms with van der Waals surface area (Å²) in [5.41, 5.74) is 1.24. The van der Waals surface area contributed by atoms with Crippen molar-refractivity contribution in [3.8, 4) is 11.6 Å². The Balaban J connectivity index is 1.20. The number of amides is 1. The van der Waals surface area contributed by atoms with Gasteiger partial charge in [-0.25, -0.2) is 9.37 Å². The lowest BCUT2D eigenvalue weighted by Gasteiger charge is -2.21. The second-order valence-corrected chi connectivity index (χ2v) is 8.49. The number of benzene rings is 1. The Labute approximate surface area is 185 Å². The summed E-state index contributed by atoms with van der Waals surface area (Å²) in [7, 11) is 0. The molecule has 168 valence electrons. The molecule has 1 aliphatic carbocycles. The first-order chi connectivity index (χ1) is 15.6. The van der Waals surface area contributed by atoms with Gasteiger partial charge in [0, 0.05) is 49.2 Å². The monoisotopic (exact) mass is 440 g/mol. The Morgan fingerprint density at radius 3 is 2.88 bits per heavy atom. The fourth-order valence-electron chi connectivity index (χ4n) is 4.50. The number of anilines is 1. The van der Waals surface area contributed by atoms with Gasteiger partial charge in [-0.3, -0.25) is 9.59 Å². The topological polar surface area (TPSA) is 78.0 Å². The highest BCUT2D eigenvalue weighted by Gasteiger charge is 2.36. The summed E-state index contributed by atoms with van der Waals surface area (Å²) in [4.78, 5) is 30.7. The third-order valence-corrected chi connectivity index (χ3v) is 6.26. The summed E-state index contributed by atoms with van der Waals surface area (Å²) < 4.78 is 31.5. The average Bonchev–Trinajstić information content (AvgIpc) is 3.37. The number of pyridine rings is 1. The van der Waals surface area contributed by atoms with Crippen LogP contribution in [0.3, 0.4) is 0 Å². The molecule has 1 aromatic carbocycles. The SMILES string of the molecule is O=C1CCc2c(F)cc(N3CCC(Oc4ccc(OCC5CCCOC5)nc4)C3=O)cc21. The second kappa shape index (κ2) is 8.86. The first-order valence-electron chi connectivity index (χ1n) is 11.1. The summed E-state index contributed by atoms with van der Waals surface area (Å²) in [5, 5.41) is 0. The zero-order valence-corrected chi connectivity index (χ0v) is 17.7. The van der Waals surface area contributed by atoms with Crippen LogP contribution in [-0.2, 0) is 16.0 Å². The van der Waals surface area contributed by atoms with Gasteiger partial charge in [-0.2, -0.15) is 0 Å². The van der Waals surface area contributed by atoms with E-state index in [4.69, 9.17) is 14.2 Å². The van der Waals surface area contributed by atoms with Crippen LogP contribution in [0.25, 0.3) is 0 Å². The molecule has 3 heterocycles. The number of carbonyl (C=O) groups is 2. The molecule has 3 aliphatic rings. The number of aromatic nitrogens is 1. The molecule has 0 radical (unpaired) electrons. The predicted molar refractivity (Wildman–Crippen MR) is 114 cm³/mol. The van der Waals surface area contributed by atoms with Crippen molar-refractivity contribution < 1.29 is 28.2 Å². The second-order valence-electron chi connectivity index (χ2n) is 8.49. The highest BCUT2D eigenvalue weighted by molar-refractivity contribution is 6.04. The van der Waals surface area contributed by atoms with Gasteiger partial charge in [-0.05, 0) is 43.0 Å². The number of carbonyl (C=O) groups excluding carboxylic acids is 2. The first kappa shape index (κ1) is 20.9. The Bertz CT molecular complexity index is 1020. The van der Waals surface area contributed by atoms with E-state index in [1.807, 2.05) is 0 Å². The van der Waals surface area contributed by atoms with Gasteiger partial charge in [0.2, 0.25) is 5.88 Å². The lowest BCUT2D eigenvalue weighted by atomic mass is 10.0. The smallest absolute Gasteiger partial charge is 0.268 e. The van der Waals surface area contributed by atoms with E-state index >= 15 is 0 Å². The zero-order chi connectivity index (χ0) is 22.1. The number of ether oxygens (including phenoxy) is 3. The molecule has 1 aromatic heterocycles. The average molecular weight is 440 g/mol. The number of Topliss-reactive ketones (excluding diaryl/α,β-unsaturated/α-hetero) is 1. The largest absolute Gasteiger partial charge is 0.479 e. The molecular formula is C24H25FN2O5. The van der Waals surface area contributed by atoms with Crippen molar-refractivity contribution in [3.05, 3.63) is 47.4 Å². The molecule has 7 nitrogen and oxygen atoms in total. The fourth-order valence-corrected chi connectivity index (χ4v) is 4.50. The summed E-state index contributed by atoms with van der Waals surface area (Å²) in [6, 6.07) is 6.41. The van der Waals surface area contributed by atoms with E-state index in [2.05, 4.69) is 4.98 Å². The number of ketones is 1. The maximum absolute atomic E-state index is 14.4. The molecule has 2 unspecified atom stereocenters. The van der Waals surface area contributed by atoms with Crippen LogP contribution in [0.1, 0.15) is 41.6 Å². The predicted octanol–water partition coefficient (Wildman–Crippen LogP) is 3.34. The van der Waals surface area contributed by atoms with Crippen molar-refractivity contribution in [2.75, 3.05) is 31.3 Å². The maximum Gasteiger partial charge on any atom is 0.268 e. The highest BCUT2D eigenvalue weighted by Crippen LogP contribution is 2.32. The normalized spacial score (nSPS) is 22.8. The summed E-state index contributed by atoms with van der Waals surface area (Å²) in [6.45, 7) is 2.48. The van der Waals surface area contributed by atoms with Crippen LogP contribution >= 0.6 is 0 Å². The van der Waals surface area contributed by atoms with Gasteiger partial charge in [-0.15, -0.1) is 0 Å². The number of hydrogen-bond acceptors (Lipinski definition) is 6. The van der Waals surface area contributed by atoms with Gasteiger partial charge < -0.3 is 19.1 Å². The van der Waals surface area contributed by atoms with E-state index < -0.39 is 11.9 Å². The Morgan fingerprint density at radius 2 is 2.09 bits per heavy atom. The third kappa shape index (κ3) is 4.19. The molecule has 0 saturated carbocycles. The van der Waals surface area contributed by atoms with Crippen molar-refractivity contribution in [1.29, 1.82) is 0 Å². The molecule has 2 saturated heterocycles. The van der Waals surface area contributed by atoms with Crippen LogP contribution in [0, 0.1) is 11.7 Å². The summed E-state index contributed by atoms with van der Waals surface area (Å²) in [5.74, 6) is 0.578. The molecule has 8 heteroatoms. The van der Waals surface area contributed by atoms with E-state index in [9.17, 15) is 14.0 Å². The van der Waals surface area contributed by atoms with Gasteiger partial charge in [0.25, 0.3) is 5.91 Å². The molecule has 2 aromatic rings. The number of nitrogens with zero attached hydrogens (tertiary/aromatic N) is 2. The molecule has 0 spiro atoms. The van der Waals surface area contributed by atoms with Crippen molar-refractivity contribution in [3.63, 3.8) is 0 Å². The van der Waals surface area contributed by atoms with Gasteiger partial charge >= 0.3 is 0 Å². The van der Waals surface area contributed by atoms with Gasteiger partial charge in [0.1, 0.15) is 11.6 Å². The minimum Gasteiger partial charge on any atom is -0.479 e.